The van der Waals surface area contributed by atoms with Gasteiger partial charge in [0.15, 0.2) is 5.82 Å². The van der Waals surface area contributed by atoms with Crippen LogP contribution in [-0.4, -0.2) is 49.5 Å². The largest absolute Gasteiger partial charge is 0.394 e. The Morgan fingerprint density at radius 1 is 0.933 bits per heavy atom. The Morgan fingerprint density at radius 2 is 1.73 bits per heavy atom. The number of pyridine rings is 1. The van der Waals surface area contributed by atoms with Crippen LogP contribution in [0.25, 0.3) is 22.3 Å². The molecule has 0 spiro atoms. The number of benzene rings is 1. The molecule has 30 heavy (non-hydrogen) atoms. The molecule has 1 aliphatic rings. The lowest BCUT2D eigenvalue weighted by Crippen LogP contribution is -2.34. The minimum absolute atomic E-state index is 0.109. The van der Waals surface area contributed by atoms with Gasteiger partial charge in [-0.05, 0) is 43.2 Å². The molecule has 1 aromatic carbocycles. The molecule has 0 bridgehead atoms. The Labute approximate surface area is 175 Å². The van der Waals surface area contributed by atoms with E-state index in [0.717, 1.165) is 54.0 Å². The van der Waals surface area contributed by atoms with Gasteiger partial charge in [-0.25, -0.2) is 9.97 Å². The fraction of sp³-hybridized carbons (Fsp3) is 0.304. The molecule has 7 heteroatoms. The Bertz CT molecular complexity index is 1130. The molecule has 0 amide bonds. The van der Waals surface area contributed by atoms with Crippen LogP contribution in [0.5, 0.6) is 0 Å². The summed E-state index contributed by atoms with van der Waals surface area (Å²) < 4.78 is 1.93. The van der Waals surface area contributed by atoms with Crippen LogP contribution >= 0.6 is 0 Å². The number of piperidine rings is 1. The highest BCUT2D eigenvalue weighted by atomic mass is 16.3. The zero-order chi connectivity index (χ0) is 20.3. The molecule has 4 heterocycles. The second kappa shape index (κ2) is 8.20. The predicted octanol–water partition coefficient (Wildman–Crippen LogP) is 3.26. The Balaban J connectivity index is 1.44. The molecule has 5 rings (SSSR count). The van der Waals surface area contributed by atoms with Gasteiger partial charge in [-0.3, -0.25) is 9.67 Å². The van der Waals surface area contributed by atoms with Gasteiger partial charge < -0.3 is 10.0 Å². The number of nitrogens with zero attached hydrogens (tertiary/aromatic N) is 6. The topological polar surface area (TPSA) is 80.0 Å². The third-order valence-corrected chi connectivity index (χ3v) is 5.80. The summed E-state index contributed by atoms with van der Waals surface area (Å²) in [6, 6.07) is 14.2. The van der Waals surface area contributed by atoms with Crippen LogP contribution in [0, 0.1) is 0 Å². The zero-order valence-corrected chi connectivity index (χ0v) is 16.7. The lowest BCUT2D eigenvalue weighted by Gasteiger charge is -2.33. The van der Waals surface area contributed by atoms with Crippen LogP contribution in [0.2, 0.25) is 0 Å². The first-order chi connectivity index (χ1) is 14.8. The van der Waals surface area contributed by atoms with Crippen molar-refractivity contribution >= 4 is 16.7 Å². The fourth-order valence-electron chi connectivity index (χ4n) is 4.29. The fourth-order valence-corrected chi connectivity index (χ4v) is 4.29. The molecular weight excluding hydrogens is 376 g/mol. The summed E-state index contributed by atoms with van der Waals surface area (Å²) in [6.45, 7) is 2.50. The van der Waals surface area contributed by atoms with E-state index in [1.807, 2.05) is 41.2 Å². The number of rotatable bonds is 5. The highest BCUT2D eigenvalue weighted by molar-refractivity contribution is 5.91. The summed E-state index contributed by atoms with van der Waals surface area (Å²) in [5.41, 5.74) is 3.14. The minimum atomic E-state index is 0.109. The maximum Gasteiger partial charge on any atom is 0.162 e. The van der Waals surface area contributed by atoms with Crippen molar-refractivity contribution in [1.82, 2.24) is 24.7 Å². The van der Waals surface area contributed by atoms with Crippen LogP contribution in [0.15, 0.2) is 61.1 Å². The van der Waals surface area contributed by atoms with E-state index in [1.165, 1.54) is 5.69 Å². The Hall–Kier alpha value is -3.32. The number of aliphatic hydroxyl groups is 1. The van der Waals surface area contributed by atoms with E-state index in [2.05, 4.69) is 27.1 Å². The van der Waals surface area contributed by atoms with Crippen molar-refractivity contribution in [2.24, 2.45) is 0 Å². The van der Waals surface area contributed by atoms with Crippen molar-refractivity contribution in [3.05, 3.63) is 66.7 Å². The van der Waals surface area contributed by atoms with E-state index in [-0.39, 0.29) is 6.61 Å². The smallest absolute Gasteiger partial charge is 0.162 e. The molecule has 3 aromatic heterocycles. The van der Waals surface area contributed by atoms with E-state index in [4.69, 9.17) is 9.97 Å². The van der Waals surface area contributed by atoms with Crippen LogP contribution in [0.3, 0.4) is 0 Å². The molecule has 1 N–H and O–H groups in total. The molecule has 1 fully saturated rings. The third-order valence-electron chi connectivity index (χ3n) is 5.80. The number of anilines is 1. The van der Waals surface area contributed by atoms with Crippen LogP contribution in [0.1, 0.15) is 24.5 Å². The Kier molecular flexibility index (Phi) is 5.11. The quantitative estimate of drug-likeness (QED) is 0.554. The maximum absolute atomic E-state index is 9.28. The summed E-state index contributed by atoms with van der Waals surface area (Å²) in [5.74, 6) is 2.17. The van der Waals surface area contributed by atoms with Gasteiger partial charge in [-0.1, -0.05) is 12.1 Å². The summed E-state index contributed by atoms with van der Waals surface area (Å²) in [5, 5.41) is 14.7. The number of aromatic nitrogens is 5. The second-order valence-corrected chi connectivity index (χ2v) is 7.59. The van der Waals surface area contributed by atoms with Crippen molar-refractivity contribution in [1.29, 1.82) is 0 Å². The minimum Gasteiger partial charge on any atom is -0.394 e. The summed E-state index contributed by atoms with van der Waals surface area (Å²) in [6.07, 6.45) is 7.43. The molecule has 1 saturated heterocycles. The van der Waals surface area contributed by atoms with Gasteiger partial charge in [0.1, 0.15) is 5.82 Å². The number of aliphatic hydroxyl groups excluding tert-OH is 1. The second-order valence-electron chi connectivity index (χ2n) is 7.59. The monoisotopic (exact) mass is 400 g/mol. The Morgan fingerprint density at radius 3 is 2.53 bits per heavy atom. The van der Waals surface area contributed by atoms with Gasteiger partial charge in [0.05, 0.1) is 18.7 Å². The standard InChI is InChI=1S/C23H24N6O/c30-16-15-29-21(7-12-25-29)17-8-13-28(14-9-17)23-19-3-1-2-4-20(19)26-22(27-23)18-5-10-24-11-6-18/h1-7,10-12,17,30H,8-9,13-16H2. The molecule has 0 radical (unpaired) electrons. The van der Waals surface area contributed by atoms with E-state index in [1.54, 1.807) is 12.4 Å². The van der Waals surface area contributed by atoms with E-state index < -0.39 is 0 Å². The van der Waals surface area contributed by atoms with E-state index >= 15 is 0 Å². The zero-order valence-electron chi connectivity index (χ0n) is 16.7. The average molecular weight is 400 g/mol. The average Bonchev–Trinajstić information content (AvgIpc) is 3.27. The van der Waals surface area contributed by atoms with Gasteiger partial charge in [0.25, 0.3) is 0 Å². The van der Waals surface area contributed by atoms with Gasteiger partial charge >= 0.3 is 0 Å². The first-order valence-electron chi connectivity index (χ1n) is 10.4. The van der Waals surface area contributed by atoms with Gasteiger partial charge in [-0.2, -0.15) is 5.10 Å². The predicted molar refractivity (Wildman–Crippen MR) is 116 cm³/mol. The molecule has 0 aliphatic carbocycles. The van der Waals surface area contributed by atoms with Crippen molar-refractivity contribution in [2.75, 3.05) is 24.6 Å². The number of hydrogen-bond acceptors (Lipinski definition) is 6. The highest BCUT2D eigenvalue weighted by Gasteiger charge is 2.25. The van der Waals surface area contributed by atoms with E-state index in [9.17, 15) is 5.11 Å². The van der Waals surface area contributed by atoms with Crippen molar-refractivity contribution < 1.29 is 5.11 Å². The van der Waals surface area contributed by atoms with Gasteiger partial charge in [0, 0.05) is 54.2 Å². The van der Waals surface area contributed by atoms with Crippen LogP contribution in [-0.2, 0) is 6.54 Å². The summed E-state index contributed by atoms with van der Waals surface area (Å²) >= 11 is 0. The lowest BCUT2D eigenvalue weighted by molar-refractivity contribution is 0.265. The lowest BCUT2D eigenvalue weighted by atomic mass is 9.93. The van der Waals surface area contributed by atoms with E-state index in [0.29, 0.717) is 12.5 Å². The number of fused-ring (bicyclic) bond motifs is 1. The molecule has 0 atom stereocenters. The highest BCUT2D eigenvalue weighted by Crippen LogP contribution is 2.33. The summed E-state index contributed by atoms with van der Waals surface area (Å²) in [7, 11) is 0. The molecule has 7 nitrogen and oxygen atoms in total. The van der Waals surface area contributed by atoms with Crippen LogP contribution < -0.4 is 4.90 Å². The first kappa shape index (κ1) is 18.7. The van der Waals surface area contributed by atoms with Crippen molar-refractivity contribution in [3.63, 3.8) is 0 Å². The molecule has 1 aliphatic heterocycles. The summed E-state index contributed by atoms with van der Waals surface area (Å²) in [4.78, 5) is 16.2. The number of para-hydroxylation sites is 1. The van der Waals surface area contributed by atoms with Gasteiger partial charge in [-0.15, -0.1) is 0 Å². The van der Waals surface area contributed by atoms with Crippen molar-refractivity contribution in [3.8, 4) is 11.4 Å². The first-order valence-corrected chi connectivity index (χ1v) is 10.4. The molecule has 0 unspecified atom stereocenters. The molecule has 0 saturated carbocycles. The normalized spacial score (nSPS) is 15.0. The molecule has 152 valence electrons. The molecular formula is C23H24N6O. The van der Waals surface area contributed by atoms with Crippen LogP contribution in [0.4, 0.5) is 5.82 Å². The third kappa shape index (κ3) is 3.52. The molecule has 4 aromatic rings. The van der Waals surface area contributed by atoms with Crippen molar-refractivity contribution in [2.45, 2.75) is 25.3 Å². The maximum atomic E-state index is 9.28. The SMILES string of the molecule is OCCn1nccc1C1CCN(c2nc(-c3ccncc3)nc3ccccc23)CC1. The number of hydrogen-bond donors (Lipinski definition) is 1. The van der Waals surface area contributed by atoms with Gasteiger partial charge in [0.2, 0.25) is 0 Å².